The lowest BCUT2D eigenvalue weighted by Gasteiger charge is -2.35. The standard InChI is InChI=1S/C36H35Cl4N3O4S/c37-27-20-28(38)22-30(21-27)43(48(46,47)31-14-8-3-9-15-31)24-35(44)42(23-26-16-17-32(39)33(40)18-26)34(19-25-10-4-1-5-11-25)36(45)41-29-12-6-2-7-13-29/h1,3-5,8-11,14-18,20-22,29,34H,2,6-7,12-13,19,23-24H2,(H,41,45)/t34-/m1/s1. The van der Waals surface area contributed by atoms with Crippen molar-refractivity contribution >= 4 is 73.9 Å². The van der Waals surface area contributed by atoms with Crippen LogP contribution in [0.3, 0.4) is 0 Å². The molecule has 1 N–H and O–H groups in total. The van der Waals surface area contributed by atoms with Crippen LogP contribution in [0.25, 0.3) is 0 Å². The van der Waals surface area contributed by atoms with Crippen LogP contribution in [-0.2, 0) is 32.6 Å². The van der Waals surface area contributed by atoms with Crippen molar-refractivity contribution in [2.75, 3.05) is 10.8 Å². The van der Waals surface area contributed by atoms with Crippen molar-refractivity contribution in [3.63, 3.8) is 0 Å². The Morgan fingerprint density at radius 3 is 2.00 bits per heavy atom. The van der Waals surface area contributed by atoms with E-state index in [9.17, 15) is 18.0 Å². The molecule has 12 heteroatoms. The molecule has 1 aliphatic carbocycles. The topological polar surface area (TPSA) is 86.8 Å². The van der Waals surface area contributed by atoms with Crippen LogP contribution in [0.4, 0.5) is 5.69 Å². The fourth-order valence-corrected chi connectivity index (χ4v) is 8.12. The second-order valence-corrected chi connectivity index (χ2v) is 15.3. The van der Waals surface area contributed by atoms with Crippen LogP contribution >= 0.6 is 46.4 Å². The predicted octanol–water partition coefficient (Wildman–Crippen LogP) is 8.58. The largest absolute Gasteiger partial charge is 0.352 e. The minimum Gasteiger partial charge on any atom is -0.352 e. The van der Waals surface area contributed by atoms with Crippen LogP contribution < -0.4 is 9.62 Å². The van der Waals surface area contributed by atoms with E-state index in [2.05, 4.69) is 5.32 Å². The minimum absolute atomic E-state index is 0.0185. The Kier molecular flexibility index (Phi) is 12.3. The van der Waals surface area contributed by atoms with Gasteiger partial charge in [-0.15, -0.1) is 0 Å². The average Bonchev–Trinajstić information content (AvgIpc) is 3.07. The number of amides is 2. The molecule has 0 unspecified atom stereocenters. The van der Waals surface area contributed by atoms with E-state index in [4.69, 9.17) is 46.4 Å². The summed E-state index contributed by atoms with van der Waals surface area (Å²) in [4.78, 5) is 30.3. The monoisotopic (exact) mass is 745 g/mol. The van der Waals surface area contributed by atoms with E-state index in [1.165, 1.54) is 35.2 Å². The van der Waals surface area contributed by atoms with Gasteiger partial charge in [-0.05, 0) is 66.4 Å². The number of hydrogen-bond donors (Lipinski definition) is 1. The number of carbonyl (C=O) groups is 2. The summed E-state index contributed by atoms with van der Waals surface area (Å²) in [7, 11) is -4.30. The third-order valence-corrected chi connectivity index (χ3v) is 11.3. The molecule has 1 aliphatic rings. The highest BCUT2D eigenvalue weighted by Crippen LogP contribution is 2.31. The Morgan fingerprint density at radius 1 is 0.750 bits per heavy atom. The molecular formula is C36H35Cl4N3O4S. The maximum atomic E-state index is 14.7. The van der Waals surface area contributed by atoms with Gasteiger partial charge in [0.15, 0.2) is 0 Å². The van der Waals surface area contributed by atoms with E-state index in [1.807, 2.05) is 30.3 Å². The van der Waals surface area contributed by atoms with Gasteiger partial charge in [0.2, 0.25) is 11.8 Å². The van der Waals surface area contributed by atoms with E-state index in [0.717, 1.165) is 42.0 Å². The van der Waals surface area contributed by atoms with Gasteiger partial charge in [-0.25, -0.2) is 8.42 Å². The number of carbonyl (C=O) groups excluding carboxylic acids is 2. The van der Waals surface area contributed by atoms with Gasteiger partial charge in [-0.1, -0.05) is 120 Å². The molecule has 5 rings (SSSR count). The van der Waals surface area contributed by atoms with E-state index < -0.39 is 28.5 Å². The van der Waals surface area contributed by atoms with E-state index in [0.29, 0.717) is 10.6 Å². The fraction of sp³-hybridized carbons (Fsp3) is 0.278. The van der Waals surface area contributed by atoms with E-state index in [-0.39, 0.29) is 50.6 Å². The molecule has 0 bridgehead atoms. The molecule has 0 heterocycles. The first-order chi connectivity index (χ1) is 23.0. The smallest absolute Gasteiger partial charge is 0.264 e. The summed E-state index contributed by atoms with van der Waals surface area (Å²) in [6.45, 7) is -0.682. The second kappa shape index (κ2) is 16.4. The lowest BCUT2D eigenvalue weighted by atomic mass is 9.94. The number of rotatable bonds is 12. The lowest BCUT2D eigenvalue weighted by Crippen LogP contribution is -2.55. The van der Waals surface area contributed by atoms with Crippen molar-refractivity contribution in [3.05, 3.63) is 128 Å². The summed E-state index contributed by atoms with van der Waals surface area (Å²) < 4.78 is 29.3. The summed E-state index contributed by atoms with van der Waals surface area (Å²) >= 11 is 25.2. The van der Waals surface area contributed by atoms with Gasteiger partial charge in [0, 0.05) is 29.1 Å². The molecule has 1 atom stereocenters. The molecule has 1 saturated carbocycles. The van der Waals surface area contributed by atoms with E-state index in [1.54, 1.807) is 36.4 Å². The minimum atomic E-state index is -4.30. The van der Waals surface area contributed by atoms with Gasteiger partial charge in [0.05, 0.1) is 20.6 Å². The highest BCUT2D eigenvalue weighted by Gasteiger charge is 2.35. The Hall–Kier alpha value is -3.27. The Labute approximate surface area is 301 Å². The van der Waals surface area contributed by atoms with Crippen LogP contribution in [0.1, 0.15) is 43.2 Å². The number of hydrogen-bond acceptors (Lipinski definition) is 4. The maximum absolute atomic E-state index is 14.7. The van der Waals surface area contributed by atoms with Gasteiger partial charge in [0.1, 0.15) is 12.6 Å². The molecule has 48 heavy (non-hydrogen) atoms. The van der Waals surface area contributed by atoms with Gasteiger partial charge >= 0.3 is 0 Å². The molecule has 0 aromatic heterocycles. The lowest BCUT2D eigenvalue weighted by molar-refractivity contribution is -0.140. The quantitative estimate of drug-likeness (QED) is 0.157. The molecule has 4 aromatic carbocycles. The summed E-state index contributed by atoms with van der Waals surface area (Å²) in [5.41, 5.74) is 1.55. The van der Waals surface area contributed by atoms with Crippen LogP contribution in [0.2, 0.25) is 20.1 Å². The molecule has 252 valence electrons. The van der Waals surface area contributed by atoms with Crippen LogP contribution in [-0.4, -0.2) is 43.8 Å². The maximum Gasteiger partial charge on any atom is 0.264 e. The molecule has 0 aliphatic heterocycles. The highest BCUT2D eigenvalue weighted by atomic mass is 35.5. The normalized spacial score (nSPS) is 14.2. The highest BCUT2D eigenvalue weighted by molar-refractivity contribution is 7.92. The first kappa shape index (κ1) is 36.0. The molecule has 1 fully saturated rings. The zero-order valence-electron chi connectivity index (χ0n) is 26.0. The molecule has 0 saturated heterocycles. The summed E-state index contributed by atoms with van der Waals surface area (Å²) in [6, 6.07) is 25.5. The Balaban J connectivity index is 1.59. The molecule has 4 aromatic rings. The van der Waals surface area contributed by atoms with Crippen LogP contribution in [0.5, 0.6) is 0 Å². The van der Waals surface area contributed by atoms with Gasteiger partial charge < -0.3 is 10.2 Å². The Bertz CT molecular complexity index is 1820. The SMILES string of the molecule is O=C(NC1CCCCC1)[C@@H](Cc1ccccc1)N(Cc1ccc(Cl)c(Cl)c1)C(=O)CN(c1cc(Cl)cc(Cl)c1)S(=O)(=O)c1ccccc1. The van der Waals surface area contributed by atoms with Crippen molar-refractivity contribution in [1.82, 2.24) is 10.2 Å². The summed E-state index contributed by atoms with van der Waals surface area (Å²) in [5.74, 6) is -0.932. The molecule has 2 amide bonds. The van der Waals surface area contributed by atoms with Gasteiger partial charge in [-0.3, -0.25) is 13.9 Å². The average molecular weight is 748 g/mol. The second-order valence-electron chi connectivity index (χ2n) is 11.8. The molecule has 0 radical (unpaired) electrons. The fourth-order valence-electron chi connectivity index (χ4n) is 5.86. The zero-order valence-corrected chi connectivity index (χ0v) is 29.8. The van der Waals surface area contributed by atoms with Crippen molar-refractivity contribution in [2.24, 2.45) is 0 Å². The van der Waals surface area contributed by atoms with E-state index >= 15 is 0 Å². The molecule has 0 spiro atoms. The van der Waals surface area contributed by atoms with Crippen molar-refractivity contribution < 1.29 is 18.0 Å². The van der Waals surface area contributed by atoms with Crippen LogP contribution in [0.15, 0.2) is 102 Å². The molecular weight excluding hydrogens is 712 g/mol. The van der Waals surface area contributed by atoms with Crippen molar-refractivity contribution in [1.29, 1.82) is 0 Å². The van der Waals surface area contributed by atoms with Crippen LogP contribution in [0, 0.1) is 0 Å². The predicted molar refractivity (Wildman–Crippen MR) is 193 cm³/mol. The number of benzene rings is 4. The first-order valence-corrected chi connectivity index (χ1v) is 18.6. The first-order valence-electron chi connectivity index (χ1n) is 15.6. The number of nitrogens with zero attached hydrogens (tertiary/aromatic N) is 2. The van der Waals surface area contributed by atoms with Crippen molar-refractivity contribution in [3.8, 4) is 0 Å². The number of nitrogens with one attached hydrogen (secondary N) is 1. The number of anilines is 1. The third-order valence-electron chi connectivity index (χ3n) is 8.30. The molecule has 7 nitrogen and oxygen atoms in total. The third kappa shape index (κ3) is 9.24. The number of halogens is 4. The summed E-state index contributed by atoms with van der Waals surface area (Å²) in [5, 5.41) is 4.21. The van der Waals surface area contributed by atoms with Gasteiger partial charge in [-0.2, -0.15) is 0 Å². The zero-order chi connectivity index (χ0) is 34.3. The van der Waals surface area contributed by atoms with Gasteiger partial charge in [0.25, 0.3) is 10.0 Å². The van der Waals surface area contributed by atoms with Crippen molar-refractivity contribution in [2.45, 2.75) is 62.0 Å². The summed E-state index contributed by atoms with van der Waals surface area (Å²) in [6.07, 6.45) is 5.03. The Morgan fingerprint density at radius 2 is 1.38 bits per heavy atom. The number of sulfonamides is 1.